The van der Waals surface area contributed by atoms with Gasteiger partial charge < -0.3 is 10.2 Å². The first-order valence-corrected chi connectivity index (χ1v) is 12.3. The summed E-state index contributed by atoms with van der Waals surface area (Å²) in [5.74, 6) is 2.88. The average molecular weight is 391 g/mol. The maximum absolute atomic E-state index is 11.2. The van der Waals surface area contributed by atoms with Crippen molar-refractivity contribution in [2.45, 2.75) is 110 Å². The number of aliphatic hydroxyl groups is 1. The molecule has 160 valence electrons. The highest BCUT2D eigenvalue weighted by Gasteiger charge is 2.61. The van der Waals surface area contributed by atoms with Crippen LogP contribution in [0.25, 0.3) is 0 Å². The third-order valence-corrected chi connectivity index (χ3v) is 10.2. The first kappa shape index (κ1) is 20.7. The van der Waals surface area contributed by atoms with Crippen LogP contribution >= 0.6 is 0 Å². The summed E-state index contributed by atoms with van der Waals surface area (Å²) >= 11 is 0. The maximum Gasteiger partial charge on any atom is 0.303 e. The lowest BCUT2D eigenvalue weighted by Gasteiger charge is -2.62. The van der Waals surface area contributed by atoms with Gasteiger partial charge in [-0.1, -0.05) is 39.5 Å². The highest BCUT2D eigenvalue weighted by molar-refractivity contribution is 5.66. The van der Waals surface area contributed by atoms with E-state index in [2.05, 4.69) is 13.8 Å². The molecule has 0 bridgehead atoms. The standard InChI is InChI=1S/C25H42O3/c1-24-14-7-6-9-18(24)16-21(26)23-19-12-11-17(8-4-3-5-10-22(27)28)25(19,2)15-13-20(23)24/h17-21,23,26H,3-16H2,1-2H3,(H,27,28)/t17-,18?,19?,20?,21-,23?,24-,25+/m0/s1. The number of carboxylic acid groups (broad SMARTS) is 1. The molecular formula is C25H42O3. The fourth-order valence-electron chi connectivity index (χ4n) is 8.68. The van der Waals surface area contributed by atoms with Gasteiger partial charge in [0.05, 0.1) is 6.10 Å². The summed E-state index contributed by atoms with van der Waals surface area (Å²) in [5, 5.41) is 20.1. The minimum absolute atomic E-state index is 0.0693. The predicted molar refractivity (Wildman–Crippen MR) is 112 cm³/mol. The van der Waals surface area contributed by atoms with Gasteiger partial charge in [0.1, 0.15) is 0 Å². The minimum atomic E-state index is -0.660. The third-order valence-electron chi connectivity index (χ3n) is 10.2. The number of aliphatic carboxylic acids is 1. The molecule has 0 radical (unpaired) electrons. The predicted octanol–water partition coefficient (Wildman–Crippen LogP) is 6.04. The van der Waals surface area contributed by atoms with Crippen molar-refractivity contribution in [3.8, 4) is 0 Å². The maximum atomic E-state index is 11.2. The molecule has 4 saturated carbocycles. The summed E-state index contributed by atoms with van der Waals surface area (Å²) in [6.07, 6.45) is 16.5. The molecule has 4 unspecified atom stereocenters. The van der Waals surface area contributed by atoms with Crippen molar-refractivity contribution >= 4 is 5.97 Å². The van der Waals surface area contributed by atoms with E-state index in [-0.39, 0.29) is 6.10 Å². The molecule has 4 aliphatic rings. The Kier molecular flexibility index (Phi) is 5.86. The molecule has 0 spiro atoms. The second-order valence-electron chi connectivity index (χ2n) is 11.4. The average Bonchev–Trinajstić information content (AvgIpc) is 2.98. The zero-order valence-electron chi connectivity index (χ0n) is 18.2. The van der Waals surface area contributed by atoms with Gasteiger partial charge >= 0.3 is 5.97 Å². The van der Waals surface area contributed by atoms with E-state index >= 15 is 0 Å². The van der Waals surface area contributed by atoms with E-state index in [0.29, 0.717) is 29.1 Å². The SMILES string of the molecule is C[C@]12CCCCC1C[C@H](O)C1C2CC[C@@]2(C)C1CC[C@@H]2CCCCCC(=O)O. The Morgan fingerprint density at radius 2 is 1.71 bits per heavy atom. The van der Waals surface area contributed by atoms with Crippen molar-refractivity contribution in [1.82, 2.24) is 0 Å². The fraction of sp³-hybridized carbons (Fsp3) is 0.960. The minimum Gasteiger partial charge on any atom is -0.481 e. The van der Waals surface area contributed by atoms with Crippen LogP contribution in [0.3, 0.4) is 0 Å². The summed E-state index contributed by atoms with van der Waals surface area (Å²) in [5.41, 5.74) is 0.894. The Balaban J connectivity index is 1.43. The van der Waals surface area contributed by atoms with Crippen LogP contribution in [0.2, 0.25) is 0 Å². The Labute approximate surface area is 171 Å². The topological polar surface area (TPSA) is 57.5 Å². The molecule has 0 amide bonds. The number of rotatable bonds is 6. The summed E-state index contributed by atoms with van der Waals surface area (Å²) in [4.78, 5) is 10.7. The summed E-state index contributed by atoms with van der Waals surface area (Å²) in [6, 6.07) is 0. The van der Waals surface area contributed by atoms with Gasteiger partial charge in [0, 0.05) is 6.42 Å². The van der Waals surface area contributed by atoms with Gasteiger partial charge in [-0.3, -0.25) is 4.79 Å². The Morgan fingerprint density at radius 3 is 2.50 bits per heavy atom. The van der Waals surface area contributed by atoms with E-state index < -0.39 is 5.97 Å². The molecule has 4 aliphatic carbocycles. The third kappa shape index (κ3) is 3.44. The lowest BCUT2D eigenvalue weighted by Crippen LogP contribution is -2.57. The first-order valence-electron chi connectivity index (χ1n) is 12.3. The van der Waals surface area contributed by atoms with E-state index in [0.717, 1.165) is 37.0 Å². The number of hydrogen-bond donors (Lipinski definition) is 2. The van der Waals surface area contributed by atoms with Gasteiger partial charge in [0.25, 0.3) is 0 Å². The van der Waals surface area contributed by atoms with Crippen LogP contribution in [-0.4, -0.2) is 22.3 Å². The molecular weight excluding hydrogens is 348 g/mol. The molecule has 0 heterocycles. The van der Waals surface area contributed by atoms with Crippen LogP contribution in [0.1, 0.15) is 104 Å². The van der Waals surface area contributed by atoms with Crippen LogP contribution in [0, 0.1) is 40.4 Å². The van der Waals surface area contributed by atoms with Crippen molar-refractivity contribution in [3.63, 3.8) is 0 Å². The zero-order chi connectivity index (χ0) is 19.9. The second kappa shape index (κ2) is 7.93. The molecule has 3 heteroatoms. The van der Waals surface area contributed by atoms with Gasteiger partial charge in [0.2, 0.25) is 0 Å². The van der Waals surface area contributed by atoms with E-state index in [4.69, 9.17) is 5.11 Å². The number of aliphatic hydroxyl groups excluding tert-OH is 1. The van der Waals surface area contributed by atoms with Gasteiger partial charge in [-0.05, 0) is 98.2 Å². The molecule has 3 nitrogen and oxygen atoms in total. The van der Waals surface area contributed by atoms with Gasteiger partial charge in [-0.25, -0.2) is 0 Å². The van der Waals surface area contributed by atoms with Crippen LogP contribution in [-0.2, 0) is 4.79 Å². The van der Waals surface area contributed by atoms with Crippen LogP contribution in [0.5, 0.6) is 0 Å². The molecule has 4 rings (SSSR count). The van der Waals surface area contributed by atoms with Gasteiger partial charge in [-0.15, -0.1) is 0 Å². The van der Waals surface area contributed by atoms with Crippen LogP contribution in [0.4, 0.5) is 0 Å². The molecule has 0 aromatic carbocycles. The van der Waals surface area contributed by atoms with Crippen molar-refractivity contribution in [2.75, 3.05) is 0 Å². The molecule has 4 fully saturated rings. The van der Waals surface area contributed by atoms with Crippen molar-refractivity contribution in [1.29, 1.82) is 0 Å². The molecule has 0 aliphatic heterocycles. The lowest BCUT2D eigenvalue weighted by atomic mass is 9.44. The van der Waals surface area contributed by atoms with E-state index in [1.165, 1.54) is 64.2 Å². The van der Waals surface area contributed by atoms with E-state index in [9.17, 15) is 9.90 Å². The zero-order valence-corrected chi connectivity index (χ0v) is 18.2. The largest absolute Gasteiger partial charge is 0.481 e. The van der Waals surface area contributed by atoms with Gasteiger partial charge in [0.15, 0.2) is 0 Å². The molecule has 28 heavy (non-hydrogen) atoms. The summed E-state index contributed by atoms with van der Waals surface area (Å²) < 4.78 is 0. The number of unbranched alkanes of at least 4 members (excludes halogenated alkanes) is 2. The number of fused-ring (bicyclic) bond motifs is 5. The van der Waals surface area contributed by atoms with E-state index in [1.807, 2.05) is 0 Å². The molecule has 0 aromatic rings. The number of carboxylic acids is 1. The first-order chi connectivity index (χ1) is 13.4. The van der Waals surface area contributed by atoms with Crippen LogP contribution in [0.15, 0.2) is 0 Å². The second-order valence-corrected chi connectivity index (χ2v) is 11.4. The normalized spacial score (nSPS) is 47.8. The number of carbonyl (C=O) groups is 1. The summed E-state index contributed by atoms with van der Waals surface area (Å²) in [7, 11) is 0. The quantitative estimate of drug-likeness (QED) is 0.543. The van der Waals surface area contributed by atoms with E-state index in [1.54, 1.807) is 0 Å². The van der Waals surface area contributed by atoms with Crippen molar-refractivity contribution < 1.29 is 15.0 Å². The highest BCUT2D eigenvalue weighted by atomic mass is 16.4. The smallest absolute Gasteiger partial charge is 0.303 e. The Bertz CT molecular complexity index is 574. The van der Waals surface area contributed by atoms with Crippen molar-refractivity contribution in [3.05, 3.63) is 0 Å². The molecule has 0 saturated heterocycles. The van der Waals surface area contributed by atoms with Crippen LogP contribution < -0.4 is 0 Å². The Morgan fingerprint density at radius 1 is 0.929 bits per heavy atom. The Hall–Kier alpha value is -0.570. The van der Waals surface area contributed by atoms with Gasteiger partial charge in [-0.2, -0.15) is 0 Å². The monoisotopic (exact) mass is 390 g/mol. The van der Waals surface area contributed by atoms with Crippen molar-refractivity contribution in [2.24, 2.45) is 40.4 Å². The molecule has 2 N–H and O–H groups in total. The fourth-order valence-corrected chi connectivity index (χ4v) is 8.68. The molecule has 0 aromatic heterocycles. The summed E-state index contributed by atoms with van der Waals surface area (Å²) in [6.45, 7) is 5.13. The number of hydrogen-bond acceptors (Lipinski definition) is 2. The molecule has 8 atom stereocenters. The highest BCUT2D eigenvalue weighted by Crippen LogP contribution is 2.67. The lowest BCUT2D eigenvalue weighted by molar-refractivity contribution is -0.162.